The molecule has 6 nitrogen and oxygen atoms in total. The van der Waals surface area contributed by atoms with E-state index in [4.69, 9.17) is 4.74 Å². The first-order valence-corrected chi connectivity index (χ1v) is 12.2. The van der Waals surface area contributed by atoms with Crippen LogP contribution in [0, 0.1) is 5.82 Å². The lowest BCUT2D eigenvalue weighted by Gasteiger charge is -2.41. The van der Waals surface area contributed by atoms with Crippen molar-refractivity contribution in [1.82, 2.24) is 9.62 Å². The molecule has 1 N–H and O–H groups in total. The van der Waals surface area contributed by atoms with Crippen molar-refractivity contribution in [2.24, 2.45) is 0 Å². The quantitative estimate of drug-likeness (QED) is 0.759. The van der Waals surface area contributed by atoms with Crippen molar-refractivity contribution in [3.8, 4) is 0 Å². The lowest BCUT2D eigenvalue weighted by molar-refractivity contribution is -0.136. The van der Waals surface area contributed by atoms with E-state index in [0.29, 0.717) is 19.6 Å². The number of ether oxygens (including phenoxy) is 1. The first kappa shape index (κ1) is 22.2. The third-order valence-electron chi connectivity index (χ3n) is 6.07. The Kier molecular flexibility index (Phi) is 7.29. The van der Waals surface area contributed by atoms with Gasteiger partial charge in [0.1, 0.15) is 5.82 Å². The summed E-state index contributed by atoms with van der Waals surface area (Å²) in [5.41, 5.74) is 0.776. The van der Waals surface area contributed by atoms with E-state index in [1.54, 1.807) is 11.0 Å². The molecule has 1 aromatic carbocycles. The highest BCUT2D eigenvalue weighted by Gasteiger charge is 2.35. The Hall–Kier alpha value is -1.51. The highest BCUT2D eigenvalue weighted by molar-refractivity contribution is 7.88. The standard InChI is InChI=1S/C21H31FN2O4S/c1-15(25)24-13-5-8-20(23-29(2,26)27)21(24)14-28-17-11-9-16(10-12-17)18-6-3-4-7-19(18)22/h3-4,6-7,16-17,20-21,23H,5,8-14H2,1-2H3/t16?,17?,20-,21-/m0/s1. The van der Waals surface area contributed by atoms with Crippen LogP contribution in [-0.2, 0) is 19.6 Å². The van der Waals surface area contributed by atoms with Gasteiger partial charge in [-0.05, 0) is 56.1 Å². The second-order valence-electron chi connectivity index (χ2n) is 8.25. The van der Waals surface area contributed by atoms with Gasteiger partial charge in [-0.3, -0.25) is 4.79 Å². The molecule has 1 saturated carbocycles. The number of piperidine rings is 1. The number of sulfonamides is 1. The third kappa shape index (κ3) is 5.99. The van der Waals surface area contributed by atoms with Gasteiger partial charge in [0.15, 0.2) is 0 Å². The molecule has 1 aliphatic carbocycles. The summed E-state index contributed by atoms with van der Waals surface area (Å²) in [6.45, 7) is 2.43. The Morgan fingerprint density at radius 1 is 1.21 bits per heavy atom. The minimum Gasteiger partial charge on any atom is -0.376 e. The van der Waals surface area contributed by atoms with Crippen LogP contribution >= 0.6 is 0 Å². The van der Waals surface area contributed by atoms with Crippen molar-refractivity contribution >= 4 is 15.9 Å². The topological polar surface area (TPSA) is 75.7 Å². The van der Waals surface area contributed by atoms with Gasteiger partial charge < -0.3 is 9.64 Å². The van der Waals surface area contributed by atoms with E-state index in [1.807, 2.05) is 12.1 Å². The summed E-state index contributed by atoms with van der Waals surface area (Å²) in [5.74, 6) is -0.00757. The van der Waals surface area contributed by atoms with Gasteiger partial charge in [-0.25, -0.2) is 17.5 Å². The van der Waals surface area contributed by atoms with Crippen LogP contribution in [0.4, 0.5) is 4.39 Å². The lowest BCUT2D eigenvalue weighted by Crippen LogP contribution is -2.58. The molecule has 1 aromatic rings. The van der Waals surface area contributed by atoms with Crippen LogP contribution in [0.15, 0.2) is 24.3 Å². The van der Waals surface area contributed by atoms with Gasteiger partial charge in [0, 0.05) is 19.5 Å². The van der Waals surface area contributed by atoms with E-state index in [0.717, 1.165) is 43.9 Å². The lowest BCUT2D eigenvalue weighted by atomic mass is 9.82. The van der Waals surface area contributed by atoms with Crippen molar-refractivity contribution in [2.45, 2.75) is 69.6 Å². The van der Waals surface area contributed by atoms with Crippen LogP contribution in [0.2, 0.25) is 0 Å². The van der Waals surface area contributed by atoms with E-state index in [2.05, 4.69) is 4.72 Å². The van der Waals surface area contributed by atoms with Crippen LogP contribution in [-0.4, -0.2) is 56.8 Å². The molecule has 1 amide bonds. The predicted octanol–water partition coefficient (Wildman–Crippen LogP) is 2.80. The Morgan fingerprint density at radius 2 is 1.90 bits per heavy atom. The number of nitrogens with one attached hydrogen (secondary N) is 1. The normalized spacial score (nSPS) is 28.3. The molecule has 8 heteroatoms. The van der Waals surface area contributed by atoms with E-state index < -0.39 is 10.0 Å². The molecule has 1 aliphatic heterocycles. The molecule has 1 heterocycles. The molecule has 0 unspecified atom stereocenters. The SMILES string of the molecule is CC(=O)N1CCC[C@H](NS(C)(=O)=O)[C@@H]1COC1CCC(c2ccccc2F)CC1. The van der Waals surface area contributed by atoms with Crippen molar-refractivity contribution in [1.29, 1.82) is 0 Å². The summed E-state index contributed by atoms with van der Waals surface area (Å²) in [6, 6.07) is 6.30. The number of halogens is 1. The molecule has 0 bridgehead atoms. The van der Waals surface area contributed by atoms with E-state index in [1.165, 1.54) is 13.0 Å². The summed E-state index contributed by atoms with van der Waals surface area (Å²) in [7, 11) is -3.37. The molecule has 0 aromatic heterocycles. The Labute approximate surface area is 172 Å². The average Bonchev–Trinajstić information content (AvgIpc) is 2.66. The van der Waals surface area contributed by atoms with Crippen LogP contribution in [0.5, 0.6) is 0 Å². The predicted molar refractivity (Wildman–Crippen MR) is 110 cm³/mol. The fraction of sp³-hybridized carbons (Fsp3) is 0.667. The Morgan fingerprint density at radius 3 is 2.52 bits per heavy atom. The number of carbonyl (C=O) groups excluding carboxylic acids is 1. The monoisotopic (exact) mass is 426 g/mol. The number of likely N-dealkylation sites (tertiary alicyclic amines) is 1. The van der Waals surface area contributed by atoms with Gasteiger partial charge in [0.2, 0.25) is 15.9 Å². The maximum Gasteiger partial charge on any atom is 0.219 e. The van der Waals surface area contributed by atoms with Gasteiger partial charge >= 0.3 is 0 Å². The van der Waals surface area contributed by atoms with Gasteiger partial charge in [0.25, 0.3) is 0 Å². The largest absolute Gasteiger partial charge is 0.376 e. The van der Waals surface area contributed by atoms with Crippen molar-refractivity contribution in [3.05, 3.63) is 35.6 Å². The zero-order chi connectivity index (χ0) is 21.0. The number of carbonyl (C=O) groups is 1. The third-order valence-corrected chi connectivity index (χ3v) is 6.80. The minimum absolute atomic E-state index is 0.0487. The highest BCUT2D eigenvalue weighted by atomic mass is 32.2. The summed E-state index contributed by atoms with van der Waals surface area (Å²) < 4.78 is 46.3. The molecule has 0 radical (unpaired) electrons. The van der Waals surface area contributed by atoms with Crippen LogP contribution in [0.1, 0.15) is 56.9 Å². The number of amides is 1. The second-order valence-corrected chi connectivity index (χ2v) is 10.0. The Bertz CT molecular complexity index is 809. The summed E-state index contributed by atoms with van der Waals surface area (Å²) in [6.07, 6.45) is 6.01. The van der Waals surface area contributed by atoms with E-state index >= 15 is 0 Å². The number of benzene rings is 1. The summed E-state index contributed by atoms with van der Waals surface area (Å²) >= 11 is 0. The van der Waals surface area contributed by atoms with Crippen LogP contribution < -0.4 is 4.72 Å². The van der Waals surface area contributed by atoms with Gasteiger partial charge in [-0.15, -0.1) is 0 Å². The maximum atomic E-state index is 14.0. The van der Waals surface area contributed by atoms with Crippen LogP contribution in [0.25, 0.3) is 0 Å². The van der Waals surface area contributed by atoms with Crippen molar-refractivity contribution in [2.75, 3.05) is 19.4 Å². The zero-order valence-corrected chi connectivity index (χ0v) is 18.0. The first-order valence-electron chi connectivity index (χ1n) is 10.3. The average molecular weight is 427 g/mol. The second kappa shape index (κ2) is 9.53. The first-order chi connectivity index (χ1) is 13.7. The fourth-order valence-electron chi connectivity index (χ4n) is 4.65. The Balaban J connectivity index is 1.58. The molecule has 3 rings (SSSR count). The molecular weight excluding hydrogens is 395 g/mol. The van der Waals surface area contributed by atoms with E-state index in [-0.39, 0.29) is 35.8 Å². The van der Waals surface area contributed by atoms with Crippen molar-refractivity contribution in [3.63, 3.8) is 0 Å². The molecule has 0 spiro atoms. The molecule has 29 heavy (non-hydrogen) atoms. The molecular formula is C21H31FN2O4S. The zero-order valence-electron chi connectivity index (χ0n) is 17.1. The van der Waals surface area contributed by atoms with Gasteiger partial charge in [-0.2, -0.15) is 0 Å². The number of rotatable bonds is 6. The van der Waals surface area contributed by atoms with E-state index in [9.17, 15) is 17.6 Å². The van der Waals surface area contributed by atoms with Gasteiger partial charge in [0.05, 0.1) is 25.0 Å². The molecule has 2 fully saturated rings. The summed E-state index contributed by atoms with van der Waals surface area (Å²) in [4.78, 5) is 13.8. The summed E-state index contributed by atoms with van der Waals surface area (Å²) in [5, 5.41) is 0. The number of hydrogen-bond donors (Lipinski definition) is 1. The van der Waals surface area contributed by atoms with Crippen molar-refractivity contribution < 1.29 is 22.3 Å². The number of nitrogens with zero attached hydrogens (tertiary/aromatic N) is 1. The fourth-order valence-corrected chi connectivity index (χ4v) is 5.47. The molecule has 2 aliphatic rings. The molecule has 2 atom stereocenters. The molecule has 1 saturated heterocycles. The smallest absolute Gasteiger partial charge is 0.219 e. The van der Waals surface area contributed by atoms with Gasteiger partial charge in [-0.1, -0.05) is 18.2 Å². The maximum absolute atomic E-state index is 14.0. The molecule has 162 valence electrons. The minimum atomic E-state index is -3.37. The highest BCUT2D eigenvalue weighted by Crippen LogP contribution is 2.35. The number of hydrogen-bond acceptors (Lipinski definition) is 4. The van der Waals surface area contributed by atoms with Crippen LogP contribution in [0.3, 0.4) is 0 Å².